The summed E-state index contributed by atoms with van der Waals surface area (Å²) in [6.45, 7) is 4.15. The highest BCUT2D eigenvalue weighted by Crippen LogP contribution is 2.11. The van der Waals surface area contributed by atoms with E-state index in [1.165, 1.54) is 0 Å². The lowest BCUT2D eigenvalue weighted by atomic mass is 9.94. The molecule has 0 spiro atoms. The van der Waals surface area contributed by atoms with Crippen molar-refractivity contribution >= 4 is 5.91 Å². The molecular weight excluding hydrogens is 226 g/mol. The molecule has 2 rings (SSSR count). The van der Waals surface area contributed by atoms with Gasteiger partial charge in [-0.2, -0.15) is 0 Å². The van der Waals surface area contributed by atoms with Crippen molar-refractivity contribution < 1.29 is 4.79 Å². The minimum atomic E-state index is 0.146. The third-order valence-electron chi connectivity index (χ3n) is 3.56. The molecule has 2 unspecified atom stereocenters. The van der Waals surface area contributed by atoms with Crippen molar-refractivity contribution in [1.29, 1.82) is 0 Å². The molecule has 1 aliphatic rings. The zero-order valence-electron chi connectivity index (χ0n) is 10.9. The van der Waals surface area contributed by atoms with Crippen LogP contribution >= 0.6 is 0 Å². The van der Waals surface area contributed by atoms with Crippen LogP contribution in [0.3, 0.4) is 0 Å². The van der Waals surface area contributed by atoms with Gasteiger partial charge in [-0.25, -0.2) is 0 Å². The minimum absolute atomic E-state index is 0.146. The van der Waals surface area contributed by atoms with Crippen LogP contribution in [0.15, 0.2) is 24.5 Å². The fourth-order valence-electron chi connectivity index (χ4n) is 2.27. The number of aromatic nitrogens is 1. The summed E-state index contributed by atoms with van der Waals surface area (Å²) in [4.78, 5) is 15.8. The van der Waals surface area contributed by atoms with Gasteiger partial charge in [0, 0.05) is 31.4 Å². The van der Waals surface area contributed by atoms with Crippen LogP contribution in [0.1, 0.15) is 25.3 Å². The van der Waals surface area contributed by atoms with Gasteiger partial charge in [-0.05, 0) is 43.0 Å². The average molecular weight is 247 g/mol. The highest BCUT2D eigenvalue weighted by Gasteiger charge is 2.22. The van der Waals surface area contributed by atoms with E-state index in [0.717, 1.165) is 31.5 Å². The first-order valence-electron chi connectivity index (χ1n) is 6.64. The van der Waals surface area contributed by atoms with Crippen LogP contribution in [-0.4, -0.2) is 30.0 Å². The van der Waals surface area contributed by atoms with E-state index in [4.69, 9.17) is 0 Å². The summed E-state index contributed by atoms with van der Waals surface area (Å²) in [5, 5.41) is 6.44. The van der Waals surface area contributed by atoms with E-state index in [2.05, 4.69) is 22.5 Å². The number of rotatable bonds is 4. The van der Waals surface area contributed by atoms with Crippen molar-refractivity contribution in [2.24, 2.45) is 5.92 Å². The Morgan fingerprint density at radius 2 is 2.28 bits per heavy atom. The molecule has 1 fully saturated rings. The number of hydrogen-bond donors (Lipinski definition) is 2. The second-order valence-corrected chi connectivity index (χ2v) is 5.00. The Hall–Kier alpha value is -1.42. The summed E-state index contributed by atoms with van der Waals surface area (Å²) in [5.74, 6) is 0.712. The zero-order chi connectivity index (χ0) is 12.8. The van der Waals surface area contributed by atoms with Gasteiger partial charge in [-0.15, -0.1) is 0 Å². The molecular formula is C14H21N3O. The molecule has 1 aromatic heterocycles. The van der Waals surface area contributed by atoms with E-state index in [1.807, 2.05) is 12.1 Å². The second kappa shape index (κ2) is 6.50. The lowest BCUT2D eigenvalue weighted by Crippen LogP contribution is -2.50. The number of nitrogens with zero attached hydrogens (tertiary/aromatic N) is 1. The Morgan fingerprint density at radius 3 is 3.00 bits per heavy atom. The maximum Gasteiger partial charge on any atom is 0.220 e. The molecule has 0 radical (unpaired) electrons. The summed E-state index contributed by atoms with van der Waals surface area (Å²) in [5.41, 5.74) is 1.16. The number of carbonyl (C=O) groups excluding carboxylic acids is 1. The summed E-state index contributed by atoms with van der Waals surface area (Å²) in [6.07, 6.45) is 5.99. The van der Waals surface area contributed by atoms with E-state index in [1.54, 1.807) is 12.4 Å². The third-order valence-corrected chi connectivity index (χ3v) is 3.56. The molecule has 1 amide bonds. The molecule has 1 saturated heterocycles. The molecule has 2 N–H and O–H groups in total. The first kappa shape index (κ1) is 13.0. The molecule has 0 aliphatic carbocycles. The number of piperidine rings is 1. The van der Waals surface area contributed by atoms with E-state index >= 15 is 0 Å². The van der Waals surface area contributed by atoms with Crippen molar-refractivity contribution in [2.45, 2.75) is 32.2 Å². The Bertz CT molecular complexity index is 380. The Morgan fingerprint density at radius 1 is 1.50 bits per heavy atom. The van der Waals surface area contributed by atoms with Crippen molar-refractivity contribution in [2.75, 3.05) is 13.1 Å². The number of amides is 1. The normalized spacial score (nSPS) is 23.6. The lowest BCUT2D eigenvalue weighted by molar-refractivity contribution is -0.122. The van der Waals surface area contributed by atoms with Gasteiger partial charge in [0.2, 0.25) is 5.91 Å². The molecule has 0 bridgehead atoms. The maximum atomic E-state index is 11.9. The quantitative estimate of drug-likeness (QED) is 0.838. The molecule has 2 heterocycles. The zero-order valence-corrected chi connectivity index (χ0v) is 10.9. The van der Waals surface area contributed by atoms with Gasteiger partial charge in [0.1, 0.15) is 0 Å². The van der Waals surface area contributed by atoms with Gasteiger partial charge in [0.25, 0.3) is 0 Å². The van der Waals surface area contributed by atoms with Crippen molar-refractivity contribution in [3.8, 4) is 0 Å². The summed E-state index contributed by atoms with van der Waals surface area (Å²) >= 11 is 0. The van der Waals surface area contributed by atoms with Crippen LogP contribution in [0.2, 0.25) is 0 Å². The highest BCUT2D eigenvalue weighted by molar-refractivity contribution is 5.76. The number of hydrogen-bond acceptors (Lipinski definition) is 3. The van der Waals surface area contributed by atoms with E-state index in [9.17, 15) is 4.79 Å². The van der Waals surface area contributed by atoms with Gasteiger partial charge in [0.05, 0.1) is 0 Å². The fourth-order valence-corrected chi connectivity index (χ4v) is 2.27. The number of pyridine rings is 1. The van der Waals surface area contributed by atoms with Crippen LogP contribution in [0.4, 0.5) is 0 Å². The third kappa shape index (κ3) is 3.81. The lowest BCUT2D eigenvalue weighted by Gasteiger charge is -2.30. The predicted octanol–water partition coefficient (Wildman–Crippen LogP) is 1.13. The Kier molecular flexibility index (Phi) is 4.70. The Balaban J connectivity index is 1.75. The standard InChI is InChI=1S/C14H21N3O/c1-11-4-7-16-10-13(11)17-14(18)3-2-12-5-8-15-9-6-12/h5-6,8-9,11,13,16H,2-4,7,10H2,1H3,(H,17,18). The van der Waals surface area contributed by atoms with E-state index in [0.29, 0.717) is 12.3 Å². The van der Waals surface area contributed by atoms with Gasteiger partial charge in [0.15, 0.2) is 0 Å². The SMILES string of the molecule is CC1CCNCC1NC(=O)CCc1ccncc1. The topological polar surface area (TPSA) is 54.0 Å². The van der Waals surface area contributed by atoms with Crippen LogP contribution < -0.4 is 10.6 Å². The van der Waals surface area contributed by atoms with Gasteiger partial charge in [-0.1, -0.05) is 6.92 Å². The van der Waals surface area contributed by atoms with E-state index < -0.39 is 0 Å². The van der Waals surface area contributed by atoms with Crippen LogP contribution in [-0.2, 0) is 11.2 Å². The first-order chi connectivity index (χ1) is 8.75. The van der Waals surface area contributed by atoms with Crippen molar-refractivity contribution in [1.82, 2.24) is 15.6 Å². The molecule has 4 heteroatoms. The molecule has 18 heavy (non-hydrogen) atoms. The highest BCUT2D eigenvalue weighted by atomic mass is 16.1. The average Bonchev–Trinajstić information content (AvgIpc) is 2.40. The second-order valence-electron chi connectivity index (χ2n) is 5.00. The molecule has 98 valence electrons. The molecule has 0 saturated carbocycles. The Labute approximate surface area is 108 Å². The van der Waals surface area contributed by atoms with E-state index in [-0.39, 0.29) is 11.9 Å². The maximum absolute atomic E-state index is 11.9. The van der Waals surface area contributed by atoms with Crippen LogP contribution in [0.25, 0.3) is 0 Å². The molecule has 1 aromatic rings. The van der Waals surface area contributed by atoms with Crippen molar-refractivity contribution in [3.05, 3.63) is 30.1 Å². The van der Waals surface area contributed by atoms with Crippen LogP contribution in [0, 0.1) is 5.92 Å². The summed E-state index contributed by atoms with van der Waals surface area (Å²) < 4.78 is 0. The molecule has 0 aromatic carbocycles. The number of carbonyl (C=O) groups is 1. The summed E-state index contributed by atoms with van der Waals surface area (Å²) in [7, 11) is 0. The fraction of sp³-hybridized carbons (Fsp3) is 0.571. The molecule has 4 nitrogen and oxygen atoms in total. The molecule has 1 aliphatic heterocycles. The van der Waals surface area contributed by atoms with Crippen LogP contribution in [0.5, 0.6) is 0 Å². The summed E-state index contributed by atoms with van der Waals surface area (Å²) in [6, 6.07) is 4.19. The largest absolute Gasteiger partial charge is 0.352 e. The first-order valence-corrected chi connectivity index (χ1v) is 6.64. The smallest absolute Gasteiger partial charge is 0.220 e. The van der Waals surface area contributed by atoms with Gasteiger partial charge >= 0.3 is 0 Å². The molecule has 2 atom stereocenters. The predicted molar refractivity (Wildman–Crippen MR) is 71.1 cm³/mol. The number of aryl methyl sites for hydroxylation is 1. The van der Waals surface area contributed by atoms with Gasteiger partial charge < -0.3 is 10.6 Å². The van der Waals surface area contributed by atoms with Crippen molar-refractivity contribution in [3.63, 3.8) is 0 Å². The van der Waals surface area contributed by atoms with Gasteiger partial charge in [-0.3, -0.25) is 9.78 Å². The number of nitrogens with one attached hydrogen (secondary N) is 2. The minimum Gasteiger partial charge on any atom is -0.352 e. The monoisotopic (exact) mass is 247 g/mol.